The van der Waals surface area contributed by atoms with Gasteiger partial charge < -0.3 is 14.8 Å². The molecule has 0 unspecified atom stereocenters. The molecule has 0 aromatic carbocycles. The van der Waals surface area contributed by atoms with Crippen molar-refractivity contribution in [3.63, 3.8) is 0 Å². The fourth-order valence-corrected chi connectivity index (χ4v) is 2.41. The van der Waals surface area contributed by atoms with E-state index < -0.39 is 0 Å². The smallest absolute Gasteiger partial charge is 0.167 e. The highest BCUT2D eigenvalue weighted by atomic mass is 32.2. The summed E-state index contributed by atoms with van der Waals surface area (Å²) < 4.78 is 1.93. The summed E-state index contributed by atoms with van der Waals surface area (Å²) in [5.41, 5.74) is 0.850. The second kappa shape index (κ2) is 7.70. The van der Waals surface area contributed by atoms with Gasteiger partial charge in [-0.05, 0) is 12.8 Å². The average Bonchev–Trinajstić information content (AvgIpc) is 2.65. The number of hydrogen-bond acceptors (Lipinski definition) is 4. The van der Waals surface area contributed by atoms with E-state index in [0.29, 0.717) is 6.61 Å². The average molecular weight is 244 g/mol. The van der Waals surface area contributed by atoms with Gasteiger partial charge >= 0.3 is 0 Å². The van der Waals surface area contributed by atoms with Crippen LogP contribution in [0, 0.1) is 0 Å². The van der Waals surface area contributed by atoms with Crippen LogP contribution in [0.3, 0.4) is 0 Å². The number of unbranched alkanes of at least 4 members (excludes halogenated alkanes) is 3. The predicted octanol–water partition coefficient (Wildman–Crippen LogP) is 1.56. The number of rotatable bonds is 8. The highest BCUT2D eigenvalue weighted by Crippen LogP contribution is 2.19. The highest BCUT2D eigenvalue weighted by molar-refractivity contribution is 7.99. The van der Waals surface area contributed by atoms with Gasteiger partial charge in [0.05, 0.1) is 18.5 Å². The van der Waals surface area contributed by atoms with Gasteiger partial charge in [-0.15, -0.1) is 0 Å². The van der Waals surface area contributed by atoms with Crippen LogP contribution < -0.4 is 0 Å². The van der Waals surface area contributed by atoms with Crippen molar-refractivity contribution in [1.29, 1.82) is 0 Å². The predicted molar refractivity (Wildman–Crippen MR) is 65.4 cm³/mol. The van der Waals surface area contributed by atoms with E-state index >= 15 is 0 Å². The van der Waals surface area contributed by atoms with Gasteiger partial charge in [0.25, 0.3) is 0 Å². The summed E-state index contributed by atoms with van der Waals surface area (Å²) in [6.45, 7) is 0.340. The zero-order chi connectivity index (χ0) is 11.8. The monoisotopic (exact) mass is 244 g/mol. The van der Waals surface area contributed by atoms with E-state index in [-0.39, 0.29) is 6.61 Å². The van der Waals surface area contributed by atoms with Gasteiger partial charge in [-0.3, -0.25) is 0 Å². The molecule has 0 aliphatic carbocycles. The standard InChI is InChI=1S/C11H20N2O2S/c1-13-10(9-15)8-12-11(13)16-7-5-3-2-4-6-14/h8,14-15H,2-7,9H2,1H3. The van der Waals surface area contributed by atoms with Crippen LogP contribution in [0.5, 0.6) is 0 Å². The molecule has 0 radical (unpaired) electrons. The molecular weight excluding hydrogens is 224 g/mol. The lowest BCUT2D eigenvalue weighted by molar-refractivity contribution is 0.271. The van der Waals surface area contributed by atoms with E-state index in [0.717, 1.165) is 42.3 Å². The molecule has 0 fully saturated rings. The van der Waals surface area contributed by atoms with Gasteiger partial charge in [0.1, 0.15) is 0 Å². The van der Waals surface area contributed by atoms with Crippen LogP contribution in [0.4, 0.5) is 0 Å². The first kappa shape index (κ1) is 13.5. The summed E-state index contributed by atoms with van der Waals surface area (Å²) in [5, 5.41) is 18.6. The van der Waals surface area contributed by atoms with E-state index in [1.165, 1.54) is 0 Å². The Morgan fingerprint density at radius 1 is 1.25 bits per heavy atom. The maximum Gasteiger partial charge on any atom is 0.167 e. The van der Waals surface area contributed by atoms with Gasteiger partial charge in [-0.25, -0.2) is 4.98 Å². The summed E-state index contributed by atoms with van der Waals surface area (Å²) >= 11 is 1.72. The molecule has 16 heavy (non-hydrogen) atoms. The molecular formula is C11H20N2O2S. The van der Waals surface area contributed by atoms with Crippen LogP contribution in [-0.2, 0) is 13.7 Å². The lowest BCUT2D eigenvalue weighted by Gasteiger charge is -2.03. The van der Waals surface area contributed by atoms with Crippen molar-refractivity contribution in [2.24, 2.45) is 7.05 Å². The van der Waals surface area contributed by atoms with E-state index in [4.69, 9.17) is 10.2 Å². The molecule has 0 spiro atoms. The molecule has 0 aliphatic rings. The number of nitrogens with zero attached hydrogens (tertiary/aromatic N) is 2. The zero-order valence-corrected chi connectivity index (χ0v) is 10.5. The summed E-state index contributed by atoms with van der Waals surface area (Å²) in [7, 11) is 1.92. The molecule has 5 heteroatoms. The number of hydrogen-bond donors (Lipinski definition) is 2. The minimum absolute atomic E-state index is 0.0422. The largest absolute Gasteiger partial charge is 0.396 e. The topological polar surface area (TPSA) is 58.3 Å². The van der Waals surface area contributed by atoms with Crippen LogP contribution in [-0.4, -0.2) is 32.1 Å². The minimum atomic E-state index is 0.0422. The SMILES string of the molecule is Cn1c(CO)cnc1SCCCCCCO. The Labute approximate surface area is 101 Å². The fraction of sp³-hybridized carbons (Fsp3) is 0.727. The van der Waals surface area contributed by atoms with Gasteiger partial charge in [0, 0.05) is 19.4 Å². The van der Waals surface area contributed by atoms with Crippen LogP contribution >= 0.6 is 11.8 Å². The molecule has 1 rings (SSSR count). The molecule has 92 valence electrons. The van der Waals surface area contributed by atoms with Crippen molar-refractivity contribution in [3.8, 4) is 0 Å². The van der Waals surface area contributed by atoms with E-state index in [9.17, 15) is 0 Å². The third-order valence-electron chi connectivity index (χ3n) is 2.49. The van der Waals surface area contributed by atoms with Crippen molar-refractivity contribution in [1.82, 2.24) is 9.55 Å². The van der Waals surface area contributed by atoms with E-state index in [1.54, 1.807) is 18.0 Å². The lowest BCUT2D eigenvalue weighted by atomic mass is 10.2. The quantitative estimate of drug-likeness (QED) is 0.538. The number of aromatic nitrogens is 2. The molecule has 4 nitrogen and oxygen atoms in total. The molecule has 0 atom stereocenters. The molecule has 1 aromatic rings. The summed E-state index contributed by atoms with van der Waals surface area (Å²) in [5.74, 6) is 1.04. The summed E-state index contributed by atoms with van der Waals surface area (Å²) in [6.07, 6.45) is 6.02. The molecule has 0 bridgehead atoms. The molecule has 0 saturated heterocycles. The Morgan fingerprint density at radius 3 is 2.62 bits per heavy atom. The van der Waals surface area contributed by atoms with Gasteiger partial charge in [-0.1, -0.05) is 24.6 Å². The second-order valence-corrected chi connectivity index (χ2v) is 4.80. The maximum absolute atomic E-state index is 9.01. The molecule has 0 saturated carbocycles. The Bertz CT molecular complexity index is 302. The highest BCUT2D eigenvalue weighted by Gasteiger charge is 2.05. The van der Waals surface area contributed by atoms with Crippen molar-refractivity contribution >= 4 is 11.8 Å². The Balaban J connectivity index is 2.19. The molecule has 1 heterocycles. The first-order valence-corrected chi connectivity index (χ1v) is 6.63. The third kappa shape index (κ3) is 4.15. The van der Waals surface area contributed by atoms with Crippen LogP contribution in [0.2, 0.25) is 0 Å². The molecule has 1 aromatic heterocycles. The second-order valence-electron chi connectivity index (χ2n) is 3.74. The fourth-order valence-electron chi connectivity index (χ4n) is 1.44. The van der Waals surface area contributed by atoms with E-state index in [1.807, 2.05) is 11.6 Å². The van der Waals surface area contributed by atoms with Crippen molar-refractivity contribution < 1.29 is 10.2 Å². The number of aliphatic hydroxyl groups excluding tert-OH is 2. The lowest BCUT2D eigenvalue weighted by Crippen LogP contribution is -1.97. The van der Waals surface area contributed by atoms with Crippen LogP contribution in [0.25, 0.3) is 0 Å². The van der Waals surface area contributed by atoms with Gasteiger partial charge in [0.15, 0.2) is 5.16 Å². The van der Waals surface area contributed by atoms with Crippen molar-refractivity contribution in [2.45, 2.75) is 37.4 Å². The number of aliphatic hydroxyl groups is 2. The normalized spacial score (nSPS) is 10.9. The van der Waals surface area contributed by atoms with Gasteiger partial charge in [0.2, 0.25) is 0 Å². The minimum Gasteiger partial charge on any atom is -0.396 e. The third-order valence-corrected chi connectivity index (χ3v) is 3.62. The Kier molecular flexibility index (Phi) is 6.52. The molecule has 2 N–H and O–H groups in total. The number of imidazole rings is 1. The van der Waals surface area contributed by atoms with Crippen LogP contribution in [0.15, 0.2) is 11.4 Å². The first-order chi connectivity index (χ1) is 7.79. The zero-order valence-electron chi connectivity index (χ0n) is 9.72. The van der Waals surface area contributed by atoms with Gasteiger partial charge in [-0.2, -0.15) is 0 Å². The summed E-state index contributed by atoms with van der Waals surface area (Å²) in [6, 6.07) is 0. The van der Waals surface area contributed by atoms with Crippen molar-refractivity contribution in [2.75, 3.05) is 12.4 Å². The number of thioether (sulfide) groups is 1. The first-order valence-electron chi connectivity index (χ1n) is 5.64. The Hall–Kier alpha value is -0.520. The molecule has 0 amide bonds. The van der Waals surface area contributed by atoms with Crippen molar-refractivity contribution in [3.05, 3.63) is 11.9 Å². The maximum atomic E-state index is 9.01. The van der Waals surface area contributed by atoms with E-state index in [2.05, 4.69) is 4.98 Å². The Morgan fingerprint density at radius 2 is 2.00 bits per heavy atom. The summed E-state index contributed by atoms with van der Waals surface area (Å²) in [4.78, 5) is 4.25. The molecule has 0 aliphatic heterocycles. The van der Waals surface area contributed by atoms with Crippen LogP contribution in [0.1, 0.15) is 31.4 Å².